The summed E-state index contributed by atoms with van der Waals surface area (Å²) >= 11 is 7.44. The highest BCUT2D eigenvalue weighted by molar-refractivity contribution is 7.08. The largest absolute Gasteiger partial charge is 0.508 e. The van der Waals surface area contributed by atoms with Crippen LogP contribution >= 0.6 is 22.9 Å². The number of nitrogens with two attached hydrogens (primary N) is 1. The quantitative estimate of drug-likeness (QED) is 0.846. The summed E-state index contributed by atoms with van der Waals surface area (Å²) in [6.07, 6.45) is 0. The number of phenolic OH excluding ortho intramolecular Hbond substituents is 1. The van der Waals surface area contributed by atoms with Gasteiger partial charge in [0.1, 0.15) is 5.75 Å². The first-order chi connectivity index (χ1) is 7.18. The number of benzene rings is 1. The summed E-state index contributed by atoms with van der Waals surface area (Å²) in [5.41, 5.74) is 7.66. The van der Waals surface area contributed by atoms with Gasteiger partial charge in [0.15, 0.2) is 0 Å². The molecule has 0 bridgehead atoms. The molecule has 2 rings (SSSR count). The van der Waals surface area contributed by atoms with Crippen molar-refractivity contribution in [2.75, 3.05) is 0 Å². The fourth-order valence-electron chi connectivity index (χ4n) is 1.41. The average Bonchev–Trinajstić information content (AvgIpc) is 2.74. The standard InChI is InChI=1S/C11H10ClNOS/c12-8-1-2-10(14)9(5-8)11(13)7-3-4-15-6-7/h1-6,11,14H,13H2/t11-/m0/s1. The first-order valence-corrected chi connectivity index (χ1v) is 5.76. The van der Waals surface area contributed by atoms with Crippen LogP contribution in [0.25, 0.3) is 0 Å². The Bertz CT molecular complexity index is 456. The predicted octanol–water partition coefficient (Wildman–Crippen LogP) is 3.16. The van der Waals surface area contributed by atoms with E-state index in [9.17, 15) is 5.11 Å². The number of phenols is 1. The number of rotatable bonds is 2. The molecular formula is C11H10ClNOS. The molecule has 0 amide bonds. The van der Waals surface area contributed by atoms with Crippen LogP contribution in [0.2, 0.25) is 5.02 Å². The van der Waals surface area contributed by atoms with E-state index < -0.39 is 0 Å². The zero-order chi connectivity index (χ0) is 10.8. The predicted molar refractivity (Wildman–Crippen MR) is 63.5 cm³/mol. The molecule has 0 spiro atoms. The Balaban J connectivity index is 2.41. The van der Waals surface area contributed by atoms with Crippen molar-refractivity contribution in [2.24, 2.45) is 5.73 Å². The molecule has 0 saturated carbocycles. The minimum absolute atomic E-state index is 0.179. The Kier molecular flexibility index (Phi) is 2.95. The highest BCUT2D eigenvalue weighted by atomic mass is 35.5. The fraction of sp³-hybridized carbons (Fsp3) is 0.0909. The molecule has 0 aliphatic rings. The molecule has 2 nitrogen and oxygen atoms in total. The summed E-state index contributed by atoms with van der Waals surface area (Å²) in [6, 6.07) is 6.51. The van der Waals surface area contributed by atoms with E-state index in [1.165, 1.54) is 0 Å². The monoisotopic (exact) mass is 239 g/mol. The zero-order valence-corrected chi connectivity index (χ0v) is 9.42. The Labute approximate surface area is 96.9 Å². The van der Waals surface area contributed by atoms with E-state index in [-0.39, 0.29) is 11.8 Å². The molecule has 0 aliphatic carbocycles. The van der Waals surface area contributed by atoms with Gasteiger partial charge in [-0.05, 0) is 40.6 Å². The third-order valence-corrected chi connectivity index (χ3v) is 3.16. The summed E-state index contributed by atoms with van der Waals surface area (Å²) in [7, 11) is 0. The minimum atomic E-state index is -0.324. The van der Waals surface area contributed by atoms with Crippen molar-refractivity contribution >= 4 is 22.9 Å². The maximum absolute atomic E-state index is 9.67. The van der Waals surface area contributed by atoms with Crippen molar-refractivity contribution < 1.29 is 5.11 Å². The highest BCUT2D eigenvalue weighted by Gasteiger charge is 2.13. The molecule has 0 saturated heterocycles. The second kappa shape index (κ2) is 4.23. The smallest absolute Gasteiger partial charge is 0.120 e. The molecule has 0 unspecified atom stereocenters. The Morgan fingerprint density at radius 2 is 2.13 bits per heavy atom. The van der Waals surface area contributed by atoms with E-state index in [0.29, 0.717) is 10.6 Å². The first-order valence-electron chi connectivity index (χ1n) is 4.44. The Hall–Kier alpha value is -1.03. The number of hydrogen-bond donors (Lipinski definition) is 2. The average molecular weight is 240 g/mol. The third-order valence-electron chi connectivity index (χ3n) is 2.23. The van der Waals surface area contributed by atoms with Gasteiger partial charge in [0.25, 0.3) is 0 Å². The van der Waals surface area contributed by atoms with Crippen molar-refractivity contribution in [3.63, 3.8) is 0 Å². The van der Waals surface area contributed by atoms with Crippen molar-refractivity contribution in [2.45, 2.75) is 6.04 Å². The minimum Gasteiger partial charge on any atom is -0.508 e. The molecule has 0 radical (unpaired) electrons. The maximum Gasteiger partial charge on any atom is 0.120 e. The van der Waals surface area contributed by atoms with Gasteiger partial charge in [0, 0.05) is 10.6 Å². The van der Waals surface area contributed by atoms with Crippen LogP contribution in [-0.4, -0.2) is 5.11 Å². The molecule has 0 fully saturated rings. The maximum atomic E-state index is 9.67. The number of hydrogen-bond acceptors (Lipinski definition) is 3. The normalized spacial score (nSPS) is 12.7. The summed E-state index contributed by atoms with van der Waals surface area (Å²) in [4.78, 5) is 0. The number of aromatic hydroxyl groups is 1. The second-order valence-electron chi connectivity index (χ2n) is 3.24. The van der Waals surface area contributed by atoms with Gasteiger partial charge in [-0.3, -0.25) is 0 Å². The molecule has 1 heterocycles. The van der Waals surface area contributed by atoms with Crippen LogP contribution in [-0.2, 0) is 0 Å². The summed E-state index contributed by atoms with van der Waals surface area (Å²) in [5, 5.41) is 14.2. The van der Waals surface area contributed by atoms with Gasteiger partial charge in [0.05, 0.1) is 6.04 Å². The van der Waals surface area contributed by atoms with Gasteiger partial charge in [-0.15, -0.1) is 0 Å². The van der Waals surface area contributed by atoms with Gasteiger partial charge in [-0.25, -0.2) is 0 Å². The SMILES string of the molecule is N[C@@H](c1ccsc1)c1cc(Cl)ccc1O. The van der Waals surface area contributed by atoms with Crippen LogP contribution in [0.15, 0.2) is 35.0 Å². The zero-order valence-electron chi connectivity index (χ0n) is 7.85. The lowest BCUT2D eigenvalue weighted by Crippen LogP contribution is -2.10. The van der Waals surface area contributed by atoms with E-state index in [2.05, 4.69) is 0 Å². The molecule has 0 aliphatic heterocycles. The summed E-state index contributed by atoms with van der Waals surface area (Å²) < 4.78 is 0. The lowest BCUT2D eigenvalue weighted by Gasteiger charge is -2.12. The highest BCUT2D eigenvalue weighted by Crippen LogP contribution is 2.30. The third kappa shape index (κ3) is 2.15. The Morgan fingerprint density at radius 3 is 2.80 bits per heavy atom. The van der Waals surface area contributed by atoms with Gasteiger partial charge in [-0.1, -0.05) is 11.6 Å². The second-order valence-corrected chi connectivity index (χ2v) is 4.45. The number of halogens is 1. The van der Waals surface area contributed by atoms with E-state index >= 15 is 0 Å². The molecule has 1 atom stereocenters. The van der Waals surface area contributed by atoms with E-state index in [1.54, 1.807) is 29.5 Å². The van der Waals surface area contributed by atoms with E-state index in [0.717, 1.165) is 5.56 Å². The molecule has 1 aromatic carbocycles. The molecule has 1 aromatic heterocycles. The summed E-state index contributed by atoms with van der Waals surface area (Å²) in [6.45, 7) is 0. The van der Waals surface area contributed by atoms with E-state index in [1.807, 2.05) is 16.8 Å². The van der Waals surface area contributed by atoms with Crippen molar-refractivity contribution in [3.8, 4) is 5.75 Å². The van der Waals surface area contributed by atoms with Crippen molar-refractivity contribution in [1.82, 2.24) is 0 Å². The molecule has 78 valence electrons. The van der Waals surface area contributed by atoms with Crippen LogP contribution in [0.4, 0.5) is 0 Å². The van der Waals surface area contributed by atoms with Crippen molar-refractivity contribution in [3.05, 3.63) is 51.2 Å². The van der Waals surface area contributed by atoms with Crippen LogP contribution in [0, 0.1) is 0 Å². The Morgan fingerprint density at radius 1 is 1.33 bits per heavy atom. The van der Waals surface area contributed by atoms with Gasteiger partial charge >= 0.3 is 0 Å². The van der Waals surface area contributed by atoms with Crippen LogP contribution in [0.3, 0.4) is 0 Å². The van der Waals surface area contributed by atoms with E-state index in [4.69, 9.17) is 17.3 Å². The molecule has 2 aromatic rings. The summed E-state index contributed by atoms with van der Waals surface area (Å²) in [5.74, 6) is 0.179. The topological polar surface area (TPSA) is 46.2 Å². The lowest BCUT2D eigenvalue weighted by molar-refractivity contribution is 0.465. The van der Waals surface area contributed by atoms with Crippen LogP contribution in [0.5, 0.6) is 5.75 Å². The van der Waals surface area contributed by atoms with Crippen molar-refractivity contribution in [1.29, 1.82) is 0 Å². The lowest BCUT2D eigenvalue weighted by atomic mass is 10.0. The van der Waals surface area contributed by atoms with Gasteiger partial charge in [0.2, 0.25) is 0 Å². The molecule has 4 heteroatoms. The molecule has 15 heavy (non-hydrogen) atoms. The van der Waals surface area contributed by atoms with Crippen LogP contribution < -0.4 is 5.73 Å². The molecular weight excluding hydrogens is 230 g/mol. The molecule has 3 N–H and O–H groups in total. The van der Waals surface area contributed by atoms with Gasteiger partial charge in [-0.2, -0.15) is 11.3 Å². The first kappa shape index (κ1) is 10.5. The van der Waals surface area contributed by atoms with Gasteiger partial charge < -0.3 is 10.8 Å². The number of thiophene rings is 1. The fourth-order valence-corrected chi connectivity index (χ4v) is 2.28. The van der Waals surface area contributed by atoms with Crippen LogP contribution in [0.1, 0.15) is 17.2 Å².